The zero-order chi connectivity index (χ0) is 46.1. The Morgan fingerprint density at radius 1 is 0.294 bits per heavy atom. The van der Waals surface area contributed by atoms with Gasteiger partial charge >= 0.3 is 0 Å². The van der Waals surface area contributed by atoms with E-state index in [-0.39, 0.29) is 0 Å². The van der Waals surface area contributed by atoms with E-state index >= 15 is 0 Å². The van der Waals surface area contributed by atoms with Crippen LogP contribution in [-0.2, 0) is 11.4 Å². The lowest BCUT2D eigenvalue weighted by Gasteiger charge is -2.19. The molecule has 11 rings (SSSR count). The molecule has 0 amide bonds. The van der Waals surface area contributed by atoms with Gasteiger partial charge in [-0.3, -0.25) is 0 Å². The fraction of sp³-hybridized carbons (Fsp3) is 0.0645. The van der Waals surface area contributed by atoms with Crippen molar-refractivity contribution < 1.29 is 0 Å². The van der Waals surface area contributed by atoms with Gasteiger partial charge in [0.2, 0.25) is 0 Å². The van der Waals surface area contributed by atoms with E-state index in [0.717, 1.165) is 78.0 Å². The minimum Gasteiger partial charge on any atom is -0.172 e. The molecule has 4 nitrogen and oxygen atoms in total. The van der Waals surface area contributed by atoms with E-state index in [1.54, 1.807) is 0 Å². The third-order valence-electron chi connectivity index (χ3n) is 12.8. The molecule has 1 aromatic heterocycles. The summed E-state index contributed by atoms with van der Waals surface area (Å²) in [6, 6.07) is 74.7. The monoisotopic (exact) mass is 910 g/mol. The highest BCUT2D eigenvalue weighted by Crippen LogP contribution is 2.52. The average Bonchev–Trinajstić information content (AvgIpc) is 4.07. The van der Waals surface area contributed by atoms with Crippen molar-refractivity contribution in [1.82, 2.24) is 8.75 Å². The van der Waals surface area contributed by atoms with E-state index in [2.05, 4.69) is 234 Å². The molecule has 6 heteroatoms. The highest BCUT2D eigenvalue weighted by Gasteiger charge is 2.27. The molecule has 1 aliphatic rings. The van der Waals surface area contributed by atoms with Gasteiger partial charge in [0.1, 0.15) is 22.4 Å². The summed E-state index contributed by atoms with van der Waals surface area (Å²) in [4.78, 5) is 0. The number of benzene rings is 9. The molecule has 326 valence electrons. The van der Waals surface area contributed by atoms with Crippen LogP contribution in [0.25, 0.3) is 55.6 Å². The molecule has 2 heterocycles. The van der Waals surface area contributed by atoms with Gasteiger partial charge in [-0.1, -0.05) is 229 Å². The van der Waals surface area contributed by atoms with Crippen molar-refractivity contribution in [1.29, 1.82) is 0 Å². The molecule has 9 aromatic carbocycles. The van der Waals surface area contributed by atoms with E-state index < -0.39 is 0 Å². The molecule has 0 fully saturated rings. The van der Waals surface area contributed by atoms with Gasteiger partial charge in [-0.2, -0.15) is 17.5 Å². The van der Waals surface area contributed by atoms with Crippen molar-refractivity contribution in [3.05, 3.63) is 273 Å². The van der Waals surface area contributed by atoms with Crippen LogP contribution in [0, 0.1) is 27.7 Å². The first kappa shape index (κ1) is 42.7. The zero-order valence-corrected chi connectivity index (χ0v) is 39.9. The first-order chi connectivity index (χ1) is 33.4. The molecular formula is C62H46N4S2. The lowest BCUT2D eigenvalue weighted by atomic mass is 9.84. The standard InChI is InChI=1S/C62H46N4S2/c1-39-15-23-45(24-16-39)53(43-11-7-5-8-12-43)55(47-27-19-41(3)20-28-47)49-31-35-51(36-32-49)57-59-61(65-67-63-59)58(62-60(57)64-68-66-62)52-37-33-50(34-38-52)56(48-29-21-42(4)22-30-48)54(44-13-9-6-10-14-44)46-25-17-40(2)18-26-46/h5-38H,1-4H3. The topological polar surface area (TPSA) is 50.5 Å². The summed E-state index contributed by atoms with van der Waals surface area (Å²) in [5, 5.41) is 0. The van der Waals surface area contributed by atoms with Crippen molar-refractivity contribution in [2.24, 2.45) is 8.73 Å². The normalized spacial score (nSPS) is 12.6. The Kier molecular flexibility index (Phi) is 11.6. The fourth-order valence-electron chi connectivity index (χ4n) is 9.32. The maximum Gasteiger partial charge on any atom is 0.115 e. The molecule has 10 aromatic rings. The lowest BCUT2D eigenvalue weighted by molar-refractivity contribution is 1.42. The van der Waals surface area contributed by atoms with Gasteiger partial charge in [-0.25, -0.2) is 0 Å². The summed E-state index contributed by atoms with van der Waals surface area (Å²) in [7, 11) is 0. The van der Waals surface area contributed by atoms with Gasteiger partial charge in [0.25, 0.3) is 0 Å². The molecule has 0 saturated heterocycles. The highest BCUT2D eigenvalue weighted by atomic mass is 32.1. The minimum absolute atomic E-state index is 0.826. The summed E-state index contributed by atoms with van der Waals surface area (Å²) in [6.45, 7) is 8.55. The number of rotatable bonds is 10. The van der Waals surface area contributed by atoms with E-state index in [1.165, 1.54) is 78.8 Å². The second-order valence-corrected chi connectivity index (χ2v) is 18.6. The molecule has 0 N–H and O–H groups in total. The molecule has 0 aliphatic carbocycles. The van der Waals surface area contributed by atoms with Crippen molar-refractivity contribution in [2.75, 3.05) is 0 Å². The molecular weight excluding hydrogens is 865 g/mol. The predicted molar refractivity (Wildman–Crippen MR) is 287 cm³/mol. The molecule has 0 spiro atoms. The minimum atomic E-state index is 0.826. The van der Waals surface area contributed by atoms with E-state index in [0.29, 0.717) is 0 Å². The van der Waals surface area contributed by atoms with Crippen molar-refractivity contribution in [3.63, 3.8) is 0 Å². The molecule has 68 heavy (non-hydrogen) atoms. The predicted octanol–water partition coefficient (Wildman–Crippen LogP) is 17.0. The van der Waals surface area contributed by atoms with Crippen molar-refractivity contribution in [2.45, 2.75) is 27.7 Å². The van der Waals surface area contributed by atoms with Gasteiger partial charge in [-0.05, 0) is 106 Å². The van der Waals surface area contributed by atoms with Crippen molar-refractivity contribution in [3.8, 4) is 22.3 Å². The number of hydrogen-bond acceptors (Lipinski definition) is 5. The Labute approximate surface area is 405 Å². The molecule has 0 bridgehead atoms. The summed E-state index contributed by atoms with van der Waals surface area (Å²) >= 11 is 2.46. The smallest absolute Gasteiger partial charge is 0.115 e. The number of aromatic nitrogens is 2. The maximum absolute atomic E-state index is 4.98. The summed E-state index contributed by atoms with van der Waals surface area (Å²) in [5.41, 5.74) is 26.0. The summed E-state index contributed by atoms with van der Waals surface area (Å²) in [6.07, 6.45) is 0. The van der Waals surface area contributed by atoms with Crippen LogP contribution in [0.15, 0.2) is 215 Å². The Hall–Kier alpha value is -7.90. The second-order valence-electron chi connectivity index (χ2n) is 17.5. The third kappa shape index (κ3) is 8.19. The Morgan fingerprint density at radius 2 is 0.544 bits per heavy atom. The SMILES string of the molecule is Cc1ccc(C(=C(c2ccc(C)cc2)c2ccc(-c3c4c(c(-c5ccc(C(=C(c6ccccc6)c6ccc(C)cc6)c6ccc(C)cc6)cc5)c5nsnc35)N=S=N4)cc2)c2ccccc2)cc1. The van der Waals surface area contributed by atoms with Crippen LogP contribution in [0.2, 0.25) is 0 Å². The van der Waals surface area contributed by atoms with Crippen LogP contribution >= 0.6 is 11.7 Å². The van der Waals surface area contributed by atoms with Crippen molar-refractivity contribution >= 4 is 67.8 Å². The van der Waals surface area contributed by atoms with Crippen LogP contribution in [0.5, 0.6) is 0 Å². The summed E-state index contributed by atoms with van der Waals surface area (Å²) in [5.74, 6) is 0. The van der Waals surface area contributed by atoms with Crippen LogP contribution in [0.4, 0.5) is 11.4 Å². The Balaban J connectivity index is 1.04. The van der Waals surface area contributed by atoms with Gasteiger partial charge in [0, 0.05) is 11.1 Å². The van der Waals surface area contributed by atoms with Gasteiger partial charge in [0.15, 0.2) is 0 Å². The quantitative estimate of drug-likeness (QED) is 0.128. The molecule has 0 unspecified atom stereocenters. The van der Waals surface area contributed by atoms with Gasteiger partial charge in [0.05, 0.1) is 23.1 Å². The first-order valence-electron chi connectivity index (χ1n) is 22.9. The first-order valence-corrected chi connectivity index (χ1v) is 24.3. The lowest BCUT2D eigenvalue weighted by Crippen LogP contribution is -1.98. The van der Waals surface area contributed by atoms with E-state index in [9.17, 15) is 0 Å². The van der Waals surface area contributed by atoms with E-state index in [4.69, 9.17) is 17.5 Å². The van der Waals surface area contributed by atoms with Crippen LogP contribution in [-0.4, -0.2) is 8.75 Å². The highest BCUT2D eigenvalue weighted by molar-refractivity contribution is 7.58. The molecule has 0 atom stereocenters. The Morgan fingerprint density at radius 3 is 0.824 bits per heavy atom. The number of fused-ring (bicyclic) bond motifs is 2. The fourth-order valence-corrected chi connectivity index (χ4v) is 10.4. The Bertz CT molecular complexity index is 3360. The number of nitrogens with zero attached hydrogens (tertiary/aromatic N) is 4. The molecule has 0 saturated carbocycles. The largest absolute Gasteiger partial charge is 0.172 e. The second kappa shape index (κ2) is 18.4. The van der Waals surface area contributed by atoms with Gasteiger partial charge < -0.3 is 0 Å². The van der Waals surface area contributed by atoms with E-state index in [1.807, 2.05) is 0 Å². The zero-order valence-electron chi connectivity index (χ0n) is 38.2. The van der Waals surface area contributed by atoms with Crippen LogP contribution < -0.4 is 0 Å². The molecule has 1 aliphatic heterocycles. The number of hydrogen-bond donors (Lipinski definition) is 0. The third-order valence-corrected chi connectivity index (χ3v) is 13.9. The molecule has 0 radical (unpaired) electrons. The van der Waals surface area contributed by atoms with Crippen LogP contribution in [0.1, 0.15) is 66.8 Å². The average molecular weight is 911 g/mol. The van der Waals surface area contributed by atoms with Crippen LogP contribution in [0.3, 0.4) is 0 Å². The number of aryl methyl sites for hydroxylation is 4. The maximum atomic E-state index is 4.98. The summed E-state index contributed by atoms with van der Waals surface area (Å²) < 4.78 is 19.9. The van der Waals surface area contributed by atoms with Gasteiger partial charge in [-0.15, -0.1) is 0 Å².